The molecule has 3 aromatic rings. The lowest BCUT2D eigenvalue weighted by Gasteiger charge is -2.02. The maximum atomic E-state index is 6.14. The maximum absolute atomic E-state index is 6.14. The van der Waals surface area contributed by atoms with Crippen molar-refractivity contribution in [3.05, 3.63) is 54.1 Å². The molecule has 2 heterocycles. The summed E-state index contributed by atoms with van der Waals surface area (Å²) in [5, 5.41) is 5.02. The van der Waals surface area contributed by atoms with Gasteiger partial charge in [-0.3, -0.25) is 9.97 Å². The van der Waals surface area contributed by atoms with Gasteiger partial charge in [-0.25, -0.2) is 4.68 Å². The van der Waals surface area contributed by atoms with Crippen LogP contribution in [0.25, 0.3) is 17.1 Å². The number of nitrogens with zero attached hydrogens (tertiary/aromatic N) is 4. The first-order valence-electron chi connectivity index (χ1n) is 5.62. The van der Waals surface area contributed by atoms with Gasteiger partial charge in [-0.1, -0.05) is 23.7 Å². The number of benzene rings is 1. The molecule has 3 rings (SSSR count). The van der Waals surface area contributed by atoms with Crippen LogP contribution in [0.5, 0.6) is 0 Å². The molecule has 6 heteroatoms. The molecule has 0 bridgehead atoms. The summed E-state index contributed by atoms with van der Waals surface area (Å²) in [6.07, 6.45) is 6.54. The highest BCUT2D eigenvalue weighted by atomic mass is 35.5. The topological polar surface area (TPSA) is 69.6 Å². The molecule has 5 nitrogen and oxygen atoms in total. The smallest absolute Gasteiger partial charge is 0.136 e. The lowest BCUT2D eigenvalue weighted by atomic mass is 10.3. The first-order valence-corrected chi connectivity index (χ1v) is 6.00. The Kier molecular flexibility index (Phi) is 2.89. The van der Waals surface area contributed by atoms with Gasteiger partial charge in [0.1, 0.15) is 11.4 Å². The molecule has 0 radical (unpaired) electrons. The molecule has 19 heavy (non-hydrogen) atoms. The van der Waals surface area contributed by atoms with Gasteiger partial charge in [0.15, 0.2) is 0 Å². The summed E-state index contributed by atoms with van der Waals surface area (Å²) in [6.45, 7) is 0. The molecule has 0 aliphatic carbocycles. The Morgan fingerprint density at radius 3 is 2.74 bits per heavy atom. The van der Waals surface area contributed by atoms with Crippen LogP contribution in [-0.2, 0) is 0 Å². The summed E-state index contributed by atoms with van der Waals surface area (Å²) in [6, 6.07) is 7.43. The van der Waals surface area contributed by atoms with E-state index in [1.807, 2.05) is 18.2 Å². The fourth-order valence-corrected chi connectivity index (χ4v) is 1.99. The van der Waals surface area contributed by atoms with Gasteiger partial charge in [-0.2, -0.15) is 5.10 Å². The van der Waals surface area contributed by atoms with Gasteiger partial charge < -0.3 is 5.73 Å². The van der Waals surface area contributed by atoms with Crippen molar-refractivity contribution in [2.45, 2.75) is 0 Å². The van der Waals surface area contributed by atoms with E-state index in [0.29, 0.717) is 22.1 Å². The minimum Gasteiger partial charge on any atom is -0.396 e. The Balaban J connectivity index is 2.10. The average Bonchev–Trinajstić information content (AvgIpc) is 2.82. The third-order valence-corrected chi connectivity index (χ3v) is 2.97. The van der Waals surface area contributed by atoms with Crippen LogP contribution in [0.3, 0.4) is 0 Å². The number of anilines is 1. The summed E-state index contributed by atoms with van der Waals surface area (Å²) < 4.78 is 1.64. The molecular formula is C13H10ClN5. The van der Waals surface area contributed by atoms with Crippen LogP contribution in [0.1, 0.15) is 0 Å². The summed E-state index contributed by atoms with van der Waals surface area (Å²) in [7, 11) is 0. The van der Waals surface area contributed by atoms with Gasteiger partial charge in [0.2, 0.25) is 0 Å². The second-order valence-electron chi connectivity index (χ2n) is 3.92. The first-order chi connectivity index (χ1) is 9.25. The van der Waals surface area contributed by atoms with Crippen LogP contribution in [0.15, 0.2) is 49.1 Å². The van der Waals surface area contributed by atoms with Crippen molar-refractivity contribution in [2.75, 3.05) is 5.73 Å². The molecule has 0 aliphatic heterocycles. The second-order valence-corrected chi connectivity index (χ2v) is 4.33. The second kappa shape index (κ2) is 4.70. The van der Waals surface area contributed by atoms with E-state index in [4.69, 9.17) is 17.3 Å². The molecule has 0 amide bonds. The number of hydrogen-bond acceptors (Lipinski definition) is 4. The summed E-state index contributed by atoms with van der Waals surface area (Å²) in [5.74, 6) is 0. The molecule has 94 valence electrons. The Labute approximate surface area is 114 Å². The minimum absolute atomic E-state index is 0.528. The van der Waals surface area contributed by atoms with Crippen molar-refractivity contribution in [3.8, 4) is 17.1 Å². The van der Waals surface area contributed by atoms with Crippen molar-refractivity contribution in [1.82, 2.24) is 19.7 Å². The fourth-order valence-electron chi connectivity index (χ4n) is 1.77. The summed E-state index contributed by atoms with van der Waals surface area (Å²) in [4.78, 5) is 8.20. The van der Waals surface area contributed by atoms with E-state index < -0.39 is 0 Å². The maximum Gasteiger partial charge on any atom is 0.136 e. The highest BCUT2D eigenvalue weighted by molar-refractivity contribution is 6.32. The molecule has 0 spiro atoms. The Morgan fingerprint density at radius 1 is 1.16 bits per heavy atom. The van der Waals surface area contributed by atoms with E-state index in [2.05, 4.69) is 15.1 Å². The molecule has 0 fully saturated rings. The molecule has 0 saturated heterocycles. The van der Waals surface area contributed by atoms with E-state index in [1.165, 1.54) is 0 Å². The van der Waals surface area contributed by atoms with Crippen LogP contribution >= 0.6 is 11.6 Å². The monoisotopic (exact) mass is 271 g/mol. The largest absolute Gasteiger partial charge is 0.396 e. The quantitative estimate of drug-likeness (QED) is 0.778. The third kappa shape index (κ3) is 2.15. The van der Waals surface area contributed by atoms with Gasteiger partial charge in [0.05, 0.1) is 28.8 Å². The van der Waals surface area contributed by atoms with Crippen molar-refractivity contribution in [1.29, 1.82) is 0 Å². The molecule has 0 atom stereocenters. The highest BCUT2D eigenvalue weighted by Gasteiger charge is 2.12. The molecule has 2 aromatic heterocycles. The predicted molar refractivity (Wildman–Crippen MR) is 74.0 cm³/mol. The van der Waals surface area contributed by atoms with Crippen LogP contribution in [-0.4, -0.2) is 19.7 Å². The minimum atomic E-state index is 0.528. The van der Waals surface area contributed by atoms with Crippen molar-refractivity contribution < 1.29 is 0 Å². The van der Waals surface area contributed by atoms with E-state index >= 15 is 0 Å². The Bertz CT molecular complexity index is 708. The predicted octanol–water partition coefficient (Wildman–Crippen LogP) is 2.56. The number of aromatic nitrogens is 4. The summed E-state index contributed by atoms with van der Waals surface area (Å²) in [5.41, 5.74) is 8.49. The third-order valence-electron chi connectivity index (χ3n) is 2.65. The Morgan fingerprint density at radius 2 is 2.00 bits per heavy atom. The van der Waals surface area contributed by atoms with Crippen LogP contribution in [0.2, 0.25) is 5.02 Å². The number of para-hydroxylation sites is 1. The van der Waals surface area contributed by atoms with E-state index in [-0.39, 0.29) is 0 Å². The van der Waals surface area contributed by atoms with Gasteiger partial charge in [-0.05, 0) is 12.1 Å². The SMILES string of the molecule is Nc1cn(-c2ccccc2Cl)nc1-c1cnccn1. The normalized spacial score (nSPS) is 10.6. The lowest BCUT2D eigenvalue weighted by molar-refractivity contribution is 0.882. The molecule has 1 aromatic carbocycles. The van der Waals surface area contributed by atoms with Gasteiger partial charge in [-0.15, -0.1) is 0 Å². The van der Waals surface area contributed by atoms with Crippen molar-refractivity contribution >= 4 is 17.3 Å². The lowest BCUT2D eigenvalue weighted by Crippen LogP contribution is -1.96. The fraction of sp³-hybridized carbons (Fsp3) is 0. The number of nitrogens with two attached hydrogens (primary N) is 1. The molecular weight excluding hydrogens is 262 g/mol. The standard InChI is InChI=1S/C13H10ClN5/c14-9-3-1-2-4-12(9)19-8-10(15)13(18-19)11-7-16-5-6-17-11/h1-8H,15H2. The van der Waals surface area contributed by atoms with E-state index in [1.54, 1.807) is 35.5 Å². The zero-order valence-corrected chi connectivity index (χ0v) is 10.6. The van der Waals surface area contributed by atoms with Gasteiger partial charge in [0, 0.05) is 12.4 Å². The van der Waals surface area contributed by atoms with Crippen LogP contribution < -0.4 is 5.73 Å². The first kappa shape index (κ1) is 11.7. The zero-order valence-electron chi connectivity index (χ0n) is 9.86. The molecule has 0 aliphatic rings. The number of rotatable bonds is 2. The van der Waals surface area contributed by atoms with E-state index in [9.17, 15) is 0 Å². The number of halogens is 1. The van der Waals surface area contributed by atoms with Crippen LogP contribution in [0.4, 0.5) is 5.69 Å². The van der Waals surface area contributed by atoms with Gasteiger partial charge >= 0.3 is 0 Å². The van der Waals surface area contributed by atoms with Crippen molar-refractivity contribution in [2.24, 2.45) is 0 Å². The highest BCUT2D eigenvalue weighted by Crippen LogP contribution is 2.25. The zero-order chi connectivity index (χ0) is 13.2. The van der Waals surface area contributed by atoms with Crippen LogP contribution in [0, 0.1) is 0 Å². The van der Waals surface area contributed by atoms with E-state index in [0.717, 1.165) is 5.69 Å². The molecule has 0 unspecified atom stereocenters. The number of nitrogen functional groups attached to an aromatic ring is 1. The number of hydrogen-bond donors (Lipinski definition) is 1. The molecule has 2 N–H and O–H groups in total. The summed E-state index contributed by atoms with van der Waals surface area (Å²) >= 11 is 6.14. The Hall–Kier alpha value is -2.40. The van der Waals surface area contributed by atoms with Crippen molar-refractivity contribution in [3.63, 3.8) is 0 Å². The molecule has 0 saturated carbocycles. The van der Waals surface area contributed by atoms with Gasteiger partial charge in [0.25, 0.3) is 0 Å². The average molecular weight is 272 g/mol.